The maximum absolute atomic E-state index is 6.08. The molecule has 1 aromatic heterocycles. The summed E-state index contributed by atoms with van der Waals surface area (Å²) in [6.45, 7) is 1.50. The van der Waals surface area contributed by atoms with Gasteiger partial charge in [0.15, 0.2) is 0 Å². The van der Waals surface area contributed by atoms with E-state index in [2.05, 4.69) is 10.4 Å². The van der Waals surface area contributed by atoms with E-state index < -0.39 is 0 Å². The third-order valence-electron chi connectivity index (χ3n) is 2.70. The van der Waals surface area contributed by atoms with E-state index in [4.69, 9.17) is 22.2 Å². The number of ether oxygens (including phenoxy) is 1. The molecule has 2 atom stereocenters. The van der Waals surface area contributed by atoms with Gasteiger partial charge < -0.3 is 4.74 Å². The Kier molecular flexibility index (Phi) is 3.53. The predicted molar refractivity (Wildman–Crippen MR) is 58.2 cm³/mol. The summed E-state index contributed by atoms with van der Waals surface area (Å²) in [4.78, 5) is 4.26. The van der Waals surface area contributed by atoms with Crippen LogP contribution in [0.3, 0.4) is 0 Å². The van der Waals surface area contributed by atoms with Crippen LogP contribution >= 0.6 is 11.6 Å². The molecule has 1 saturated heterocycles. The maximum Gasteiger partial charge on any atom is 0.0776 e. The zero-order valence-corrected chi connectivity index (χ0v) is 9.07. The van der Waals surface area contributed by atoms with Crippen LogP contribution in [0.1, 0.15) is 18.2 Å². The van der Waals surface area contributed by atoms with Crippen LogP contribution in [-0.2, 0) is 4.74 Å². The molecule has 82 valence electrons. The Balaban J connectivity index is 2.22. The van der Waals surface area contributed by atoms with Crippen molar-refractivity contribution in [3.8, 4) is 0 Å². The fourth-order valence-electron chi connectivity index (χ4n) is 1.88. The van der Waals surface area contributed by atoms with Gasteiger partial charge in [-0.25, -0.2) is 0 Å². The van der Waals surface area contributed by atoms with Crippen molar-refractivity contribution in [2.24, 2.45) is 11.8 Å². The largest absolute Gasteiger partial charge is 0.381 e. The van der Waals surface area contributed by atoms with Crippen LogP contribution in [0, 0.1) is 5.92 Å². The number of hydrogen-bond donors (Lipinski definition) is 2. The number of pyridine rings is 1. The van der Waals surface area contributed by atoms with Crippen molar-refractivity contribution in [1.82, 2.24) is 10.4 Å². The van der Waals surface area contributed by atoms with Crippen LogP contribution in [0.4, 0.5) is 0 Å². The molecule has 5 heteroatoms. The molecule has 0 spiro atoms. The number of hydrogen-bond acceptors (Lipinski definition) is 4. The summed E-state index contributed by atoms with van der Waals surface area (Å²) in [6, 6.07) is 3.61. The average Bonchev–Trinajstić information content (AvgIpc) is 2.75. The molecule has 0 radical (unpaired) electrons. The number of nitrogens with one attached hydrogen (secondary N) is 1. The van der Waals surface area contributed by atoms with Crippen molar-refractivity contribution >= 4 is 11.6 Å². The van der Waals surface area contributed by atoms with Crippen LogP contribution in [0.25, 0.3) is 0 Å². The van der Waals surface area contributed by atoms with Crippen molar-refractivity contribution in [2.45, 2.75) is 12.5 Å². The Labute approximate surface area is 93.7 Å². The summed E-state index contributed by atoms with van der Waals surface area (Å²) < 4.78 is 5.33. The first-order valence-corrected chi connectivity index (χ1v) is 5.35. The first kappa shape index (κ1) is 10.8. The van der Waals surface area contributed by atoms with Gasteiger partial charge in [-0.3, -0.25) is 16.3 Å². The van der Waals surface area contributed by atoms with Crippen molar-refractivity contribution in [1.29, 1.82) is 0 Å². The van der Waals surface area contributed by atoms with Gasteiger partial charge in [0.05, 0.1) is 23.4 Å². The predicted octanol–water partition coefficient (Wildman–Crippen LogP) is 1.28. The zero-order chi connectivity index (χ0) is 10.7. The number of nitrogens with zero attached hydrogens (tertiary/aromatic N) is 1. The number of rotatable bonds is 3. The van der Waals surface area contributed by atoms with Crippen molar-refractivity contribution in [3.63, 3.8) is 0 Å². The third kappa shape index (κ3) is 2.29. The van der Waals surface area contributed by atoms with E-state index in [-0.39, 0.29) is 6.04 Å². The molecule has 2 rings (SSSR count). The highest BCUT2D eigenvalue weighted by atomic mass is 35.5. The van der Waals surface area contributed by atoms with E-state index in [0.29, 0.717) is 17.5 Å². The smallest absolute Gasteiger partial charge is 0.0776 e. The molecular formula is C10H14ClN3O. The van der Waals surface area contributed by atoms with Gasteiger partial charge >= 0.3 is 0 Å². The molecule has 0 aliphatic carbocycles. The quantitative estimate of drug-likeness (QED) is 0.603. The van der Waals surface area contributed by atoms with Gasteiger partial charge in [-0.2, -0.15) is 0 Å². The Hall–Kier alpha value is -0.680. The SMILES string of the molecule is NNC(c1ncccc1Cl)C1CCOC1. The Morgan fingerprint density at radius 3 is 3.13 bits per heavy atom. The van der Waals surface area contributed by atoms with E-state index in [1.54, 1.807) is 6.20 Å². The molecule has 1 fully saturated rings. The molecule has 2 unspecified atom stereocenters. The van der Waals surface area contributed by atoms with E-state index in [9.17, 15) is 0 Å². The summed E-state index contributed by atoms with van der Waals surface area (Å²) in [5.41, 5.74) is 3.58. The summed E-state index contributed by atoms with van der Waals surface area (Å²) in [7, 11) is 0. The second kappa shape index (κ2) is 4.90. The molecule has 4 nitrogen and oxygen atoms in total. The molecule has 2 heterocycles. The Morgan fingerprint density at radius 2 is 2.53 bits per heavy atom. The Bertz CT molecular complexity index is 328. The first-order valence-electron chi connectivity index (χ1n) is 4.97. The van der Waals surface area contributed by atoms with Gasteiger partial charge in [0.1, 0.15) is 0 Å². The van der Waals surface area contributed by atoms with Gasteiger partial charge in [-0.15, -0.1) is 0 Å². The highest BCUT2D eigenvalue weighted by Gasteiger charge is 2.28. The molecule has 1 aliphatic heterocycles. The average molecular weight is 228 g/mol. The normalized spacial score (nSPS) is 22.9. The van der Waals surface area contributed by atoms with Crippen molar-refractivity contribution < 1.29 is 4.74 Å². The van der Waals surface area contributed by atoms with E-state index in [0.717, 1.165) is 18.7 Å². The fourth-order valence-corrected chi connectivity index (χ4v) is 2.12. The minimum absolute atomic E-state index is 0.0267. The molecule has 0 bridgehead atoms. The standard InChI is InChI=1S/C10H14ClN3O/c11-8-2-1-4-13-10(8)9(14-12)7-3-5-15-6-7/h1-2,4,7,9,14H,3,5-6,12H2. The maximum atomic E-state index is 6.08. The van der Waals surface area contributed by atoms with Gasteiger partial charge in [0.25, 0.3) is 0 Å². The highest BCUT2D eigenvalue weighted by Crippen LogP contribution is 2.30. The number of aromatic nitrogens is 1. The summed E-state index contributed by atoms with van der Waals surface area (Å²) in [5, 5.41) is 0.646. The molecule has 15 heavy (non-hydrogen) atoms. The second-order valence-electron chi connectivity index (χ2n) is 3.64. The molecule has 0 amide bonds. The van der Waals surface area contributed by atoms with Gasteiger partial charge in [-0.05, 0) is 18.6 Å². The van der Waals surface area contributed by atoms with Crippen LogP contribution in [0.2, 0.25) is 5.02 Å². The highest BCUT2D eigenvalue weighted by molar-refractivity contribution is 6.31. The number of nitrogens with two attached hydrogens (primary N) is 1. The minimum atomic E-state index is -0.0267. The van der Waals surface area contributed by atoms with Crippen LogP contribution in [0.15, 0.2) is 18.3 Å². The van der Waals surface area contributed by atoms with Crippen molar-refractivity contribution in [2.75, 3.05) is 13.2 Å². The van der Waals surface area contributed by atoms with E-state index >= 15 is 0 Å². The zero-order valence-electron chi connectivity index (χ0n) is 8.32. The summed E-state index contributed by atoms with van der Waals surface area (Å²) >= 11 is 6.08. The number of halogens is 1. The third-order valence-corrected chi connectivity index (χ3v) is 3.02. The molecule has 0 aromatic carbocycles. The molecular weight excluding hydrogens is 214 g/mol. The first-order chi connectivity index (χ1) is 7.33. The van der Waals surface area contributed by atoms with E-state index in [1.165, 1.54) is 0 Å². The lowest BCUT2D eigenvalue weighted by Crippen LogP contribution is -2.34. The summed E-state index contributed by atoms with van der Waals surface area (Å²) in [5.74, 6) is 5.90. The van der Waals surface area contributed by atoms with Crippen molar-refractivity contribution in [3.05, 3.63) is 29.0 Å². The van der Waals surface area contributed by atoms with Crippen LogP contribution in [0.5, 0.6) is 0 Å². The van der Waals surface area contributed by atoms with Crippen LogP contribution in [-0.4, -0.2) is 18.2 Å². The summed E-state index contributed by atoms with van der Waals surface area (Å²) in [6.07, 6.45) is 2.71. The minimum Gasteiger partial charge on any atom is -0.381 e. The lowest BCUT2D eigenvalue weighted by molar-refractivity contribution is 0.176. The topological polar surface area (TPSA) is 60.2 Å². The molecule has 0 saturated carbocycles. The lowest BCUT2D eigenvalue weighted by Gasteiger charge is -2.21. The van der Waals surface area contributed by atoms with Gasteiger partial charge in [-0.1, -0.05) is 11.6 Å². The van der Waals surface area contributed by atoms with Gasteiger partial charge in [0, 0.05) is 18.7 Å². The van der Waals surface area contributed by atoms with Crippen LogP contribution < -0.4 is 11.3 Å². The molecule has 1 aliphatic rings. The van der Waals surface area contributed by atoms with Gasteiger partial charge in [0.2, 0.25) is 0 Å². The molecule has 1 aromatic rings. The monoisotopic (exact) mass is 227 g/mol. The molecule has 3 N–H and O–H groups in total. The second-order valence-corrected chi connectivity index (χ2v) is 4.05. The lowest BCUT2D eigenvalue weighted by atomic mass is 9.96. The fraction of sp³-hybridized carbons (Fsp3) is 0.500. The number of hydrazine groups is 1. The van der Waals surface area contributed by atoms with E-state index in [1.807, 2.05) is 12.1 Å². The Morgan fingerprint density at radius 1 is 1.67 bits per heavy atom.